The van der Waals surface area contributed by atoms with Gasteiger partial charge in [-0.2, -0.15) is 0 Å². The van der Waals surface area contributed by atoms with Crippen molar-refractivity contribution in [1.82, 2.24) is 4.31 Å². The Morgan fingerprint density at radius 1 is 1.33 bits per heavy atom. The van der Waals surface area contributed by atoms with Crippen molar-refractivity contribution < 1.29 is 18.3 Å². The Morgan fingerprint density at radius 3 is 2.28 bits per heavy atom. The Balaban J connectivity index is 2.10. The normalized spacial score (nSPS) is 38.3. The zero-order valence-electron chi connectivity index (χ0n) is 11.1. The second-order valence-electron chi connectivity index (χ2n) is 6.23. The molecule has 0 aromatic carbocycles. The van der Waals surface area contributed by atoms with E-state index in [2.05, 4.69) is 6.92 Å². The van der Waals surface area contributed by atoms with Crippen LogP contribution in [0.3, 0.4) is 0 Å². The highest BCUT2D eigenvalue weighted by Gasteiger charge is 2.61. The maximum absolute atomic E-state index is 12.0. The molecule has 0 aromatic rings. The van der Waals surface area contributed by atoms with E-state index in [1.165, 1.54) is 13.8 Å². The van der Waals surface area contributed by atoms with Crippen LogP contribution in [0.2, 0.25) is 0 Å². The molecule has 2 rings (SSSR count). The van der Waals surface area contributed by atoms with Crippen molar-refractivity contribution in [3.05, 3.63) is 0 Å². The maximum atomic E-state index is 12.0. The topological polar surface area (TPSA) is 74.7 Å². The predicted octanol–water partition coefficient (Wildman–Crippen LogP) is 0.878. The number of rotatable bonds is 2. The van der Waals surface area contributed by atoms with E-state index in [-0.39, 0.29) is 6.54 Å². The van der Waals surface area contributed by atoms with Crippen LogP contribution in [0.15, 0.2) is 0 Å². The van der Waals surface area contributed by atoms with Gasteiger partial charge in [0.05, 0.1) is 12.1 Å². The molecule has 2 aliphatic rings. The second kappa shape index (κ2) is 3.93. The summed E-state index contributed by atoms with van der Waals surface area (Å²) in [5.41, 5.74) is -1.04. The fraction of sp³-hybridized carbons (Fsp3) is 0.917. The summed E-state index contributed by atoms with van der Waals surface area (Å²) < 4.78 is 23.4. The van der Waals surface area contributed by atoms with E-state index in [0.717, 1.165) is 17.1 Å². The van der Waals surface area contributed by atoms with E-state index in [0.29, 0.717) is 18.8 Å². The van der Waals surface area contributed by atoms with Crippen LogP contribution in [0.25, 0.3) is 0 Å². The fourth-order valence-corrected chi connectivity index (χ4v) is 4.24. The molecule has 1 aliphatic carbocycles. The van der Waals surface area contributed by atoms with Crippen molar-refractivity contribution >= 4 is 15.9 Å². The number of hydrogen-bond acceptors (Lipinski definition) is 4. The van der Waals surface area contributed by atoms with Crippen molar-refractivity contribution in [2.24, 2.45) is 5.92 Å². The van der Waals surface area contributed by atoms with Gasteiger partial charge in [0.1, 0.15) is 0 Å². The quantitative estimate of drug-likeness (QED) is 0.811. The third-order valence-electron chi connectivity index (χ3n) is 4.32. The first-order chi connectivity index (χ1) is 8.10. The molecule has 6 heteroatoms. The number of aliphatic hydroxyl groups is 1. The van der Waals surface area contributed by atoms with Gasteiger partial charge >= 0.3 is 0 Å². The van der Waals surface area contributed by atoms with Crippen LogP contribution in [0.1, 0.15) is 46.5 Å². The Hall–Kier alpha value is -0.620. The number of nitrogens with zero attached hydrogens (tertiary/aromatic N) is 1. The molecular formula is C12H21NO4S. The fourth-order valence-electron chi connectivity index (χ4n) is 2.64. The molecule has 1 amide bonds. The molecule has 1 saturated heterocycles. The molecule has 1 saturated carbocycles. The number of carbonyl (C=O) groups is 1. The zero-order valence-corrected chi connectivity index (χ0v) is 12.0. The first kappa shape index (κ1) is 13.8. The standard InChI is InChI=1S/C12H21NO4S/c1-9-4-6-12(15,7-5-9)8-13-10(14)11(2,3)18(13,16)17/h9,15H,4-8H2,1-3H3. The third-order valence-corrected chi connectivity index (χ3v) is 6.66. The van der Waals surface area contributed by atoms with E-state index < -0.39 is 26.3 Å². The Morgan fingerprint density at radius 2 is 1.83 bits per heavy atom. The molecule has 0 aromatic heterocycles. The van der Waals surface area contributed by atoms with Gasteiger partial charge in [-0.3, -0.25) is 4.79 Å². The number of β-amino-alcohol motifs (C(OH)–C–C–N with tert-alkyl or cyclic N) is 1. The first-order valence-corrected chi connectivity index (χ1v) is 7.83. The molecule has 104 valence electrons. The predicted molar refractivity (Wildman–Crippen MR) is 67.3 cm³/mol. The van der Waals surface area contributed by atoms with Crippen LogP contribution in [0, 0.1) is 5.92 Å². The van der Waals surface area contributed by atoms with Crippen LogP contribution in [0.4, 0.5) is 0 Å². The van der Waals surface area contributed by atoms with Gasteiger partial charge in [-0.1, -0.05) is 6.92 Å². The van der Waals surface area contributed by atoms with Gasteiger partial charge < -0.3 is 5.11 Å². The van der Waals surface area contributed by atoms with Gasteiger partial charge in [0.15, 0.2) is 4.75 Å². The summed E-state index contributed by atoms with van der Waals surface area (Å²) in [6.45, 7) is 4.86. The number of carbonyl (C=O) groups excluding carboxylic acids is 1. The highest BCUT2D eigenvalue weighted by Crippen LogP contribution is 2.39. The molecule has 1 heterocycles. The molecule has 5 nitrogen and oxygen atoms in total. The van der Waals surface area contributed by atoms with Crippen LogP contribution >= 0.6 is 0 Å². The summed E-state index contributed by atoms with van der Waals surface area (Å²) in [4.78, 5) is 11.8. The van der Waals surface area contributed by atoms with E-state index in [4.69, 9.17) is 0 Å². The Kier molecular flexibility index (Phi) is 3.02. The van der Waals surface area contributed by atoms with E-state index in [1.807, 2.05) is 0 Å². The molecule has 18 heavy (non-hydrogen) atoms. The first-order valence-electron chi connectivity index (χ1n) is 6.39. The average Bonchev–Trinajstić information content (AvgIpc) is 2.29. The van der Waals surface area contributed by atoms with E-state index >= 15 is 0 Å². The minimum Gasteiger partial charge on any atom is -0.388 e. The molecule has 1 N–H and O–H groups in total. The van der Waals surface area contributed by atoms with Crippen LogP contribution in [0.5, 0.6) is 0 Å². The van der Waals surface area contributed by atoms with Gasteiger partial charge in [-0.05, 0) is 45.4 Å². The summed E-state index contributed by atoms with van der Waals surface area (Å²) in [5, 5.41) is 10.4. The summed E-state index contributed by atoms with van der Waals surface area (Å²) in [5.74, 6) is 0.153. The lowest BCUT2D eigenvalue weighted by Crippen LogP contribution is -2.69. The lowest BCUT2D eigenvalue weighted by Gasteiger charge is -2.47. The van der Waals surface area contributed by atoms with Gasteiger partial charge in [0.25, 0.3) is 15.9 Å². The molecule has 1 aliphatic heterocycles. The SMILES string of the molecule is CC1CCC(O)(CN2C(=O)C(C)(C)S2(=O)=O)CC1. The highest BCUT2D eigenvalue weighted by atomic mass is 32.2. The van der Waals surface area contributed by atoms with Crippen molar-refractivity contribution in [2.45, 2.75) is 56.8 Å². The zero-order chi connectivity index (χ0) is 13.8. The van der Waals surface area contributed by atoms with Crippen molar-refractivity contribution in [3.63, 3.8) is 0 Å². The molecule has 0 radical (unpaired) electrons. The highest BCUT2D eigenvalue weighted by molar-refractivity contribution is 7.94. The molecule has 0 atom stereocenters. The van der Waals surface area contributed by atoms with E-state index in [9.17, 15) is 18.3 Å². The molecular weight excluding hydrogens is 254 g/mol. The number of sulfonamides is 1. The maximum Gasteiger partial charge on any atom is 0.258 e. The number of hydrogen-bond donors (Lipinski definition) is 1. The summed E-state index contributed by atoms with van der Waals surface area (Å²) in [6.07, 6.45) is 2.88. The van der Waals surface area contributed by atoms with Gasteiger partial charge in [-0.15, -0.1) is 0 Å². The van der Waals surface area contributed by atoms with Crippen LogP contribution in [-0.2, 0) is 14.8 Å². The van der Waals surface area contributed by atoms with Gasteiger partial charge in [-0.25, -0.2) is 12.7 Å². The average molecular weight is 275 g/mol. The monoisotopic (exact) mass is 275 g/mol. The van der Waals surface area contributed by atoms with Gasteiger partial charge in [0, 0.05) is 0 Å². The smallest absolute Gasteiger partial charge is 0.258 e. The molecule has 0 unspecified atom stereocenters. The summed E-state index contributed by atoms with van der Waals surface area (Å²) >= 11 is 0. The van der Waals surface area contributed by atoms with Crippen molar-refractivity contribution in [2.75, 3.05) is 6.54 Å². The second-order valence-corrected chi connectivity index (χ2v) is 8.65. The van der Waals surface area contributed by atoms with Crippen LogP contribution < -0.4 is 0 Å². The minimum absolute atomic E-state index is 0.0791. The summed E-state index contributed by atoms with van der Waals surface area (Å²) in [7, 11) is -3.58. The van der Waals surface area contributed by atoms with Gasteiger partial charge in [0.2, 0.25) is 0 Å². The van der Waals surface area contributed by atoms with Crippen molar-refractivity contribution in [3.8, 4) is 0 Å². The van der Waals surface area contributed by atoms with Crippen molar-refractivity contribution in [1.29, 1.82) is 0 Å². The molecule has 0 spiro atoms. The largest absolute Gasteiger partial charge is 0.388 e. The Bertz CT molecular complexity index is 460. The molecule has 2 fully saturated rings. The lowest BCUT2D eigenvalue weighted by molar-refractivity contribution is -0.136. The Labute approximate surface area is 108 Å². The van der Waals surface area contributed by atoms with Crippen LogP contribution in [-0.4, -0.2) is 40.6 Å². The minimum atomic E-state index is -3.58. The lowest BCUT2D eigenvalue weighted by atomic mass is 9.79. The third kappa shape index (κ3) is 1.86. The molecule has 0 bridgehead atoms. The van der Waals surface area contributed by atoms with E-state index in [1.54, 1.807) is 0 Å². The number of amides is 1. The summed E-state index contributed by atoms with van der Waals surface area (Å²) in [6, 6.07) is 0.